The minimum absolute atomic E-state index is 0.468. The van der Waals surface area contributed by atoms with Gasteiger partial charge in [-0.2, -0.15) is 0 Å². The normalized spacial score (nSPS) is 18.6. The van der Waals surface area contributed by atoms with Crippen LogP contribution < -0.4 is 10.5 Å². The van der Waals surface area contributed by atoms with Crippen molar-refractivity contribution in [2.75, 3.05) is 12.8 Å². The molecule has 100 valence electrons. The molecule has 1 aromatic carbocycles. The van der Waals surface area contributed by atoms with Gasteiger partial charge in [-0.05, 0) is 37.3 Å². The molecule has 3 nitrogen and oxygen atoms in total. The van der Waals surface area contributed by atoms with Gasteiger partial charge in [-0.1, -0.05) is 25.3 Å². The number of benzene rings is 1. The van der Waals surface area contributed by atoms with Crippen molar-refractivity contribution < 1.29 is 9.84 Å². The fourth-order valence-corrected chi connectivity index (χ4v) is 2.75. The van der Waals surface area contributed by atoms with Crippen molar-refractivity contribution in [1.82, 2.24) is 0 Å². The molecular weight excluding hydrogens is 226 g/mol. The lowest BCUT2D eigenvalue weighted by Crippen LogP contribution is -2.31. The van der Waals surface area contributed by atoms with Gasteiger partial charge in [0.25, 0.3) is 0 Å². The van der Waals surface area contributed by atoms with Crippen LogP contribution in [0.3, 0.4) is 0 Å². The Morgan fingerprint density at radius 1 is 1.28 bits per heavy atom. The molecule has 0 amide bonds. The monoisotopic (exact) mass is 249 g/mol. The van der Waals surface area contributed by atoms with Crippen LogP contribution in [0.4, 0.5) is 5.69 Å². The number of ether oxygens (including phenoxy) is 1. The molecule has 1 saturated carbocycles. The molecule has 1 fully saturated rings. The number of methoxy groups -OCH3 is 1. The standard InChI is InChI=1S/C15H23NO2/c1-18-13-6-5-12(14(16)11-13)7-10-15(17)8-3-2-4-9-15/h5-6,11,17H,2-4,7-10,16H2,1H3. The van der Waals surface area contributed by atoms with Crippen molar-refractivity contribution >= 4 is 5.69 Å². The zero-order chi connectivity index (χ0) is 13.0. The second-order valence-corrected chi connectivity index (χ2v) is 5.35. The van der Waals surface area contributed by atoms with E-state index in [1.165, 1.54) is 6.42 Å². The Morgan fingerprint density at radius 3 is 2.61 bits per heavy atom. The Morgan fingerprint density at radius 2 is 2.00 bits per heavy atom. The third-order valence-electron chi connectivity index (χ3n) is 4.00. The smallest absolute Gasteiger partial charge is 0.120 e. The Labute approximate surface area is 109 Å². The number of hydrogen-bond donors (Lipinski definition) is 2. The topological polar surface area (TPSA) is 55.5 Å². The predicted octanol–water partition coefficient (Wildman–Crippen LogP) is 2.91. The van der Waals surface area contributed by atoms with Crippen LogP contribution in [0.25, 0.3) is 0 Å². The Hall–Kier alpha value is -1.22. The van der Waals surface area contributed by atoms with Gasteiger partial charge in [-0.15, -0.1) is 0 Å². The molecule has 1 aliphatic carbocycles. The average molecular weight is 249 g/mol. The molecule has 0 bridgehead atoms. The van der Waals surface area contributed by atoms with Crippen LogP contribution >= 0.6 is 0 Å². The largest absolute Gasteiger partial charge is 0.497 e. The van der Waals surface area contributed by atoms with Gasteiger partial charge in [0, 0.05) is 11.8 Å². The van der Waals surface area contributed by atoms with E-state index in [4.69, 9.17) is 10.5 Å². The molecule has 1 aliphatic rings. The van der Waals surface area contributed by atoms with Crippen LogP contribution in [0.1, 0.15) is 44.1 Å². The van der Waals surface area contributed by atoms with E-state index in [2.05, 4.69) is 0 Å². The van der Waals surface area contributed by atoms with Crippen molar-refractivity contribution in [3.63, 3.8) is 0 Å². The van der Waals surface area contributed by atoms with Crippen LogP contribution in [0.5, 0.6) is 5.75 Å². The molecule has 0 aromatic heterocycles. The summed E-state index contributed by atoms with van der Waals surface area (Å²) < 4.78 is 5.13. The molecule has 3 N–H and O–H groups in total. The fraction of sp³-hybridized carbons (Fsp3) is 0.600. The van der Waals surface area contributed by atoms with Crippen LogP contribution in [0.2, 0.25) is 0 Å². The lowest BCUT2D eigenvalue weighted by atomic mass is 9.81. The molecule has 0 unspecified atom stereocenters. The van der Waals surface area contributed by atoms with E-state index in [1.54, 1.807) is 7.11 Å². The van der Waals surface area contributed by atoms with Crippen molar-refractivity contribution in [1.29, 1.82) is 0 Å². The average Bonchev–Trinajstić information content (AvgIpc) is 2.38. The van der Waals surface area contributed by atoms with Crippen LogP contribution in [-0.2, 0) is 6.42 Å². The Bertz CT molecular complexity index is 397. The summed E-state index contributed by atoms with van der Waals surface area (Å²) >= 11 is 0. The van der Waals surface area contributed by atoms with Gasteiger partial charge < -0.3 is 15.6 Å². The zero-order valence-corrected chi connectivity index (χ0v) is 11.1. The lowest BCUT2D eigenvalue weighted by Gasteiger charge is -2.32. The maximum absolute atomic E-state index is 10.5. The molecule has 3 heteroatoms. The maximum Gasteiger partial charge on any atom is 0.120 e. The van der Waals surface area contributed by atoms with Crippen LogP contribution in [0.15, 0.2) is 18.2 Å². The van der Waals surface area contributed by atoms with Gasteiger partial charge in [0.1, 0.15) is 5.75 Å². The summed E-state index contributed by atoms with van der Waals surface area (Å²) in [6.45, 7) is 0. The minimum Gasteiger partial charge on any atom is -0.497 e. The van der Waals surface area contributed by atoms with E-state index < -0.39 is 5.60 Å². The predicted molar refractivity (Wildman–Crippen MR) is 73.8 cm³/mol. The number of anilines is 1. The molecule has 0 spiro atoms. The molecule has 0 aliphatic heterocycles. The Balaban J connectivity index is 1.97. The molecule has 0 radical (unpaired) electrons. The number of hydrogen-bond acceptors (Lipinski definition) is 3. The quantitative estimate of drug-likeness (QED) is 0.807. The molecule has 0 atom stereocenters. The summed E-state index contributed by atoms with van der Waals surface area (Å²) in [5, 5.41) is 10.5. The summed E-state index contributed by atoms with van der Waals surface area (Å²) in [7, 11) is 1.64. The van der Waals surface area contributed by atoms with E-state index in [0.717, 1.165) is 55.5 Å². The number of aryl methyl sites for hydroxylation is 1. The number of nitrogens with two attached hydrogens (primary N) is 1. The molecular formula is C15H23NO2. The van der Waals surface area contributed by atoms with Gasteiger partial charge in [-0.25, -0.2) is 0 Å². The van der Waals surface area contributed by atoms with E-state index >= 15 is 0 Å². The first kappa shape index (κ1) is 13.2. The fourth-order valence-electron chi connectivity index (χ4n) is 2.75. The first-order chi connectivity index (χ1) is 8.63. The van der Waals surface area contributed by atoms with Crippen LogP contribution in [0, 0.1) is 0 Å². The SMILES string of the molecule is COc1ccc(CCC2(O)CCCCC2)c(N)c1. The first-order valence-electron chi connectivity index (χ1n) is 6.78. The molecule has 18 heavy (non-hydrogen) atoms. The van der Waals surface area contributed by atoms with Gasteiger partial charge in [0.15, 0.2) is 0 Å². The number of nitrogen functional groups attached to an aromatic ring is 1. The van der Waals surface area contributed by atoms with Crippen molar-refractivity contribution in [3.05, 3.63) is 23.8 Å². The highest BCUT2D eigenvalue weighted by Crippen LogP contribution is 2.32. The molecule has 0 heterocycles. The van der Waals surface area contributed by atoms with Gasteiger partial charge in [-0.3, -0.25) is 0 Å². The Kier molecular flexibility index (Phi) is 4.12. The highest BCUT2D eigenvalue weighted by Gasteiger charge is 2.28. The molecule has 2 rings (SSSR count). The summed E-state index contributed by atoms with van der Waals surface area (Å²) in [6, 6.07) is 5.78. The summed E-state index contributed by atoms with van der Waals surface area (Å²) in [5.74, 6) is 0.785. The second-order valence-electron chi connectivity index (χ2n) is 5.35. The van der Waals surface area contributed by atoms with Crippen molar-refractivity contribution in [2.24, 2.45) is 0 Å². The number of rotatable bonds is 4. The van der Waals surface area contributed by atoms with E-state index in [-0.39, 0.29) is 0 Å². The highest BCUT2D eigenvalue weighted by atomic mass is 16.5. The third kappa shape index (κ3) is 3.16. The lowest BCUT2D eigenvalue weighted by molar-refractivity contribution is -0.00338. The second kappa shape index (κ2) is 5.61. The van der Waals surface area contributed by atoms with E-state index in [9.17, 15) is 5.11 Å². The maximum atomic E-state index is 10.5. The minimum atomic E-state index is -0.468. The summed E-state index contributed by atoms with van der Waals surface area (Å²) in [4.78, 5) is 0. The van der Waals surface area contributed by atoms with Gasteiger partial charge in [0.2, 0.25) is 0 Å². The third-order valence-corrected chi connectivity index (χ3v) is 4.00. The summed E-state index contributed by atoms with van der Waals surface area (Å²) in [6.07, 6.45) is 7.07. The first-order valence-corrected chi connectivity index (χ1v) is 6.78. The number of aliphatic hydroxyl groups is 1. The van der Waals surface area contributed by atoms with Gasteiger partial charge in [0.05, 0.1) is 12.7 Å². The van der Waals surface area contributed by atoms with Gasteiger partial charge >= 0.3 is 0 Å². The molecule has 1 aromatic rings. The van der Waals surface area contributed by atoms with Crippen LogP contribution in [-0.4, -0.2) is 17.8 Å². The van der Waals surface area contributed by atoms with E-state index in [1.807, 2.05) is 18.2 Å². The van der Waals surface area contributed by atoms with Crippen molar-refractivity contribution in [2.45, 2.75) is 50.5 Å². The van der Waals surface area contributed by atoms with E-state index in [0.29, 0.717) is 0 Å². The summed E-state index contributed by atoms with van der Waals surface area (Å²) in [5.41, 5.74) is 7.39. The van der Waals surface area contributed by atoms with Crippen molar-refractivity contribution in [3.8, 4) is 5.75 Å². The molecule has 0 saturated heterocycles. The highest BCUT2D eigenvalue weighted by molar-refractivity contribution is 5.51. The zero-order valence-electron chi connectivity index (χ0n) is 11.1.